The van der Waals surface area contributed by atoms with E-state index in [1.54, 1.807) is 0 Å². The van der Waals surface area contributed by atoms with Crippen LogP contribution in [0.1, 0.15) is 45.4 Å². The lowest BCUT2D eigenvalue weighted by Crippen LogP contribution is -2.23. The molecule has 72 valence electrons. The first-order chi connectivity index (χ1) is 5.83. The minimum absolute atomic E-state index is 0.428. The fourth-order valence-electron chi connectivity index (χ4n) is 1.61. The Morgan fingerprint density at radius 2 is 2.00 bits per heavy atom. The molecule has 1 rings (SSSR count). The SMILES string of the molecule is CCC(N)CSC1CCCCC1. The Morgan fingerprint density at radius 3 is 2.58 bits per heavy atom. The van der Waals surface area contributed by atoms with E-state index in [1.807, 2.05) is 0 Å². The monoisotopic (exact) mass is 187 g/mol. The minimum Gasteiger partial charge on any atom is -0.327 e. The molecule has 1 nitrogen and oxygen atoms in total. The fourth-order valence-corrected chi connectivity index (χ4v) is 3.03. The molecule has 0 spiro atoms. The summed E-state index contributed by atoms with van der Waals surface area (Å²) in [5.74, 6) is 1.17. The van der Waals surface area contributed by atoms with E-state index < -0.39 is 0 Å². The molecule has 0 aromatic heterocycles. The zero-order valence-electron chi connectivity index (χ0n) is 8.09. The maximum atomic E-state index is 5.87. The van der Waals surface area contributed by atoms with Gasteiger partial charge in [0.05, 0.1) is 0 Å². The molecule has 0 aromatic carbocycles. The lowest BCUT2D eigenvalue weighted by atomic mass is 10.0. The van der Waals surface area contributed by atoms with E-state index in [-0.39, 0.29) is 0 Å². The van der Waals surface area contributed by atoms with Crippen molar-refractivity contribution in [1.82, 2.24) is 0 Å². The molecule has 1 fully saturated rings. The van der Waals surface area contributed by atoms with Gasteiger partial charge in [-0.3, -0.25) is 0 Å². The summed E-state index contributed by atoms with van der Waals surface area (Å²) in [4.78, 5) is 0. The highest BCUT2D eigenvalue weighted by molar-refractivity contribution is 7.99. The van der Waals surface area contributed by atoms with Crippen LogP contribution < -0.4 is 5.73 Å². The van der Waals surface area contributed by atoms with Gasteiger partial charge in [-0.05, 0) is 19.3 Å². The third-order valence-electron chi connectivity index (χ3n) is 2.62. The van der Waals surface area contributed by atoms with Crippen LogP contribution in [0.25, 0.3) is 0 Å². The van der Waals surface area contributed by atoms with Gasteiger partial charge in [0, 0.05) is 17.0 Å². The highest BCUT2D eigenvalue weighted by Crippen LogP contribution is 2.28. The Balaban J connectivity index is 2.05. The number of hydrogen-bond acceptors (Lipinski definition) is 2. The molecular formula is C10H21NS. The second kappa shape index (κ2) is 5.87. The largest absolute Gasteiger partial charge is 0.327 e. The highest BCUT2D eigenvalue weighted by atomic mass is 32.2. The summed E-state index contributed by atoms with van der Waals surface area (Å²) in [7, 11) is 0. The number of nitrogens with two attached hydrogens (primary N) is 1. The minimum atomic E-state index is 0.428. The van der Waals surface area contributed by atoms with Crippen molar-refractivity contribution >= 4 is 11.8 Å². The van der Waals surface area contributed by atoms with Crippen molar-refractivity contribution in [2.45, 2.75) is 56.7 Å². The van der Waals surface area contributed by atoms with E-state index in [2.05, 4.69) is 18.7 Å². The predicted octanol–water partition coefficient (Wildman–Crippen LogP) is 2.79. The van der Waals surface area contributed by atoms with Crippen molar-refractivity contribution in [3.8, 4) is 0 Å². The zero-order chi connectivity index (χ0) is 8.81. The van der Waals surface area contributed by atoms with E-state index >= 15 is 0 Å². The average Bonchev–Trinajstić information content (AvgIpc) is 2.16. The Kier molecular flexibility index (Phi) is 5.08. The first-order valence-corrected chi connectivity index (χ1v) is 6.25. The Hall–Kier alpha value is 0.310. The van der Waals surface area contributed by atoms with E-state index in [0.717, 1.165) is 11.7 Å². The van der Waals surface area contributed by atoms with Gasteiger partial charge in [0.1, 0.15) is 0 Å². The van der Waals surface area contributed by atoms with E-state index in [9.17, 15) is 0 Å². The van der Waals surface area contributed by atoms with E-state index in [0.29, 0.717) is 6.04 Å². The second-order valence-corrected chi connectivity index (χ2v) is 5.10. The molecule has 1 unspecified atom stereocenters. The van der Waals surface area contributed by atoms with Crippen LogP contribution in [0.3, 0.4) is 0 Å². The van der Waals surface area contributed by atoms with E-state index in [4.69, 9.17) is 5.73 Å². The molecule has 1 aliphatic carbocycles. The van der Waals surface area contributed by atoms with Gasteiger partial charge in [-0.25, -0.2) is 0 Å². The highest BCUT2D eigenvalue weighted by Gasteiger charge is 2.14. The molecule has 2 N–H and O–H groups in total. The van der Waals surface area contributed by atoms with Crippen LogP contribution in [-0.4, -0.2) is 17.0 Å². The first kappa shape index (κ1) is 10.4. The van der Waals surface area contributed by atoms with Crippen molar-refractivity contribution in [2.75, 3.05) is 5.75 Å². The lowest BCUT2D eigenvalue weighted by molar-refractivity contribution is 0.515. The summed E-state index contributed by atoms with van der Waals surface area (Å²) >= 11 is 2.11. The third-order valence-corrected chi connectivity index (χ3v) is 4.19. The smallest absolute Gasteiger partial charge is 0.0127 e. The normalized spacial score (nSPS) is 22.5. The molecule has 0 aliphatic heterocycles. The quantitative estimate of drug-likeness (QED) is 0.732. The standard InChI is InChI=1S/C10H21NS/c1-2-9(11)8-12-10-6-4-3-5-7-10/h9-10H,2-8,11H2,1H3. The van der Waals surface area contributed by atoms with Crippen LogP contribution in [-0.2, 0) is 0 Å². The molecule has 0 amide bonds. The Labute approximate surface area is 80.5 Å². The van der Waals surface area contributed by atoms with Gasteiger partial charge in [0.25, 0.3) is 0 Å². The van der Waals surface area contributed by atoms with Crippen LogP contribution in [0, 0.1) is 0 Å². The maximum absolute atomic E-state index is 5.87. The van der Waals surface area contributed by atoms with Crippen molar-refractivity contribution in [1.29, 1.82) is 0 Å². The summed E-state index contributed by atoms with van der Waals surface area (Å²) < 4.78 is 0. The molecule has 1 saturated carbocycles. The van der Waals surface area contributed by atoms with E-state index in [1.165, 1.54) is 37.9 Å². The Morgan fingerprint density at radius 1 is 1.33 bits per heavy atom. The molecule has 0 heterocycles. The molecule has 2 heteroatoms. The van der Waals surface area contributed by atoms with Gasteiger partial charge >= 0.3 is 0 Å². The molecule has 0 radical (unpaired) electrons. The van der Waals surface area contributed by atoms with Gasteiger partial charge in [0.2, 0.25) is 0 Å². The van der Waals surface area contributed by atoms with Crippen LogP contribution in [0.4, 0.5) is 0 Å². The third kappa shape index (κ3) is 3.81. The van der Waals surface area contributed by atoms with Crippen molar-refractivity contribution in [3.63, 3.8) is 0 Å². The summed E-state index contributed by atoms with van der Waals surface area (Å²) in [6.45, 7) is 2.17. The number of hydrogen-bond donors (Lipinski definition) is 1. The van der Waals surface area contributed by atoms with Gasteiger partial charge in [-0.15, -0.1) is 0 Å². The van der Waals surface area contributed by atoms with Crippen LogP contribution >= 0.6 is 11.8 Å². The van der Waals surface area contributed by atoms with Crippen LogP contribution in [0.5, 0.6) is 0 Å². The predicted molar refractivity (Wildman–Crippen MR) is 57.6 cm³/mol. The first-order valence-electron chi connectivity index (χ1n) is 5.20. The van der Waals surface area contributed by atoms with Gasteiger partial charge in [0.15, 0.2) is 0 Å². The second-order valence-electron chi connectivity index (χ2n) is 3.76. The number of rotatable bonds is 4. The van der Waals surface area contributed by atoms with Crippen molar-refractivity contribution in [2.24, 2.45) is 5.73 Å². The van der Waals surface area contributed by atoms with Gasteiger partial charge in [-0.2, -0.15) is 11.8 Å². The van der Waals surface area contributed by atoms with Crippen molar-refractivity contribution in [3.05, 3.63) is 0 Å². The Bertz CT molecular complexity index is 110. The van der Waals surface area contributed by atoms with Crippen LogP contribution in [0.15, 0.2) is 0 Å². The average molecular weight is 187 g/mol. The molecule has 0 saturated heterocycles. The van der Waals surface area contributed by atoms with Gasteiger partial charge < -0.3 is 5.73 Å². The van der Waals surface area contributed by atoms with Gasteiger partial charge in [-0.1, -0.05) is 26.2 Å². The molecule has 0 aromatic rings. The van der Waals surface area contributed by atoms with Crippen molar-refractivity contribution < 1.29 is 0 Å². The lowest BCUT2D eigenvalue weighted by Gasteiger charge is -2.22. The fraction of sp³-hybridized carbons (Fsp3) is 1.00. The topological polar surface area (TPSA) is 26.0 Å². The molecule has 12 heavy (non-hydrogen) atoms. The number of thioether (sulfide) groups is 1. The summed E-state index contributed by atoms with van der Waals surface area (Å²) in [5.41, 5.74) is 5.87. The summed E-state index contributed by atoms with van der Waals surface area (Å²) in [6, 6.07) is 0.428. The molecule has 0 bridgehead atoms. The molecular weight excluding hydrogens is 166 g/mol. The van der Waals surface area contributed by atoms with Crippen LogP contribution in [0.2, 0.25) is 0 Å². The molecule has 1 atom stereocenters. The summed E-state index contributed by atoms with van der Waals surface area (Å²) in [6.07, 6.45) is 8.33. The summed E-state index contributed by atoms with van der Waals surface area (Å²) in [5, 5.41) is 0.927. The zero-order valence-corrected chi connectivity index (χ0v) is 8.91. The maximum Gasteiger partial charge on any atom is 0.0127 e. The molecule has 1 aliphatic rings.